The fourth-order valence-corrected chi connectivity index (χ4v) is 2.35. The molecule has 1 aromatic heterocycles. The maximum absolute atomic E-state index is 11.8. The largest absolute Gasteiger partial charge is 0.395 e. The van der Waals surface area contributed by atoms with Crippen LogP contribution in [-0.2, 0) is 6.54 Å². The summed E-state index contributed by atoms with van der Waals surface area (Å²) in [5.41, 5.74) is 1.56. The second kappa shape index (κ2) is 6.41. The van der Waals surface area contributed by atoms with Gasteiger partial charge in [0.05, 0.1) is 6.61 Å². The Morgan fingerprint density at radius 2 is 1.90 bits per heavy atom. The number of nitrogens with one attached hydrogen (secondary N) is 1. The lowest BCUT2D eigenvalue weighted by Crippen LogP contribution is -2.44. The number of carbonyl (C=O) groups is 1. The van der Waals surface area contributed by atoms with Gasteiger partial charge in [-0.05, 0) is 24.6 Å². The van der Waals surface area contributed by atoms with Crippen LogP contribution in [0.2, 0.25) is 0 Å². The summed E-state index contributed by atoms with van der Waals surface area (Å²) in [5.74, 6) is -0.0339. The molecular weight excluding hydrogens is 254 g/mol. The molecule has 0 saturated carbocycles. The van der Waals surface area contributed by atoms with Crippen LogP contribution in [0.15, 0.2) is 12.1 Å². The molecule has 5 nitrogen and oxygen atoms in total. The SMILES string of the molecule is CN(C)C(=O)c1ccc(CN(C)C(CO)C(C)(C)C)[nH]1. The quantitative estimate of drug-likeness (QED) is 0.861. The predicted molar refractivity (Wildman–Crippen MR) is 80.6 cm³/mol. The molecule has 0 fully saturated rings. The predicted octanol–water partition coefficient (Wildman–Crippen LogP) is 1.56. The monoisotopic (exact) mass is 281 g/mol. The van der Waals surface area contributed by atoms with E-state index in [9.17, 15) is 9.90 Å². The molecule has 0 aliphatic carbocycles. The summed E-state index contributed by atoms with van der Waals surface area (Å²) < 4.78 is 0. The minimum Gasteiger partial charge on any atom is -0.395 e. The van der Waals surface area contributed by atoms with Crippen LogP contribution in [0.25, 0.3) is 0 Å². The Bertz CT molecular complexity index is 446. The van der Waals surface area contributed by atoms with Crippen molar-refractivity contribution in [1.29, 1.82) is 0 Å². The van der Waals surface area contributed by atoms with Gasteiger partial charge in [-0.2, -0.15) is 0 Å². The highest BCUT2D eigenvalue weighted by Gasteiger charge is 2.27. The molecule has 1 heterocycles. The molecule has 5 heteroatoms. The molecule has 1 aromatic rings. The molecule has 0 aliphatic heterocycles. The van der Waals surface area contributed by atoms with Gasteiger partial charge in [0.25, 0.3) is 5.91 Å². The molecule has 0 saturated heterocycles. The first-order valence-corrected chi connectivity index (χ1v) is 6.87. The Labute approximate surface area is 121 Å². The third-order valence-electron chi connectivity index (χ3n) is 3.51. The Kier molecular flexibility index (Phi) is 5.36. The van der Waals surface area contributed by atoms with E-state index >= 15 is 0 Å². The van der Waals surface area contributed by atoms with Crippen molar-refractivity contribution in [3.63, 3.8) is 0 Å². The van der Waals surface area contributed by atoms with Crippen molar-refractivity contribution in [1.82, 2.24) is 14.8 Å². The van der Waals surface area contributed by atoms with Crippen molar-refractivity contribution < 1.29 is 9.90 Å². The fourth-order valence-electron chi connectivity index (χ4n) is 2.35. The Morgan fingerprint density at radius 1 is 1.30 bits per heavy atom. The van der Waals surface area contributed by atoms with Gasteiger partial charge in [0.2, 0.25) is 0 Å². The molecular formula is C15H27N3O2. The van der Waals surface area contributed by atoms with Gasteiger partial charge >= 0.3 is 0 Å². The van der Waals surface area contributed by atoms with Crippen molar-refractivity contribution >= 4 is 5.91 Å². The second-order valence-corrected chi connectivity index (χ2v) is 6.58. The number of aliphatic hydroxyl groups excluding tert-OH is 1. The third-order valence-corrected chi connectivity index (χ3v) is 3.51. The summed E-state index contributed by atoms with van der Waals surface area (Å²) in [7, 11) is 5.45. The lowest BCUT2D eigenvalue weighted by molar-refractivity contribution is 0.0606. The van der Waals surface area contributed by atoms with Gasteiger partial charge in [-0.3, -0.25) is 9.69 Å². The zero-order chi connectivity index (χ0) is 15.5. The first-order valence-electron chi connectivity index (χ1n) is 6.87. The zero-order valence-electron chi connectivity index (χ0n) is 13.4. The lowest BCUT2D eigenvalue weighted by atomic mass is 9.86. The van der Waals surface area contributed by atoms with Crippen LogP contribution in [0.5, 0.6) is 0 Å². The van der Waals surface area contributed by atoms with Gasteiger partial charge in [0.15, 0.2) is 0 Å². The number of nitrogens with zero attached hydrogens (tertiary/aromatic N) is 2. The minimum absolute atomic E-state index is 0.00161. The standard InChI is InChI=1S/C15H27N3O2/c1-15(2,3)13(10-19)18(6)9-11-7-8-12(16-11)14(20)17(4)5/h7-8,13,16,19H,9-10H2,1-6H3. The van der Waals surface area contributed by atoms with E-state index in [1.54, 1.807) is 25.1 Å². The maximum Gasteiger partial charge on any atom is 0.269 e. The van der Waals surface area contributed by atoms with Crippen LogP contribution < -0.4 is 0 Å². The molecule has 0 bridgehead atoms. The molecule has 0 spiro atoms. The number of carbonyl (C=O) groups excluding carboxylic acids is 1. The number of aliphatic hydroxyl groups is 1. The smallest absolute Gasteiger partial charge is 0.269 e. The van der Waals surface area contributed by atoms with Gasteiger partial charge in [0, 0.05) is 32.4 Å². The third kappa shape index (κ3) is 4.08. The summed E-state index contributed by atoms with van der Waals surface area (Å²) in [6.07, 6.45) is 0. The van der Waals surface area contributed by atoms with Crippen molar-refractivity contribution in [2.75, 3.05) is 27.7 Å². The average Bonchev–Trinajstić information content (AvgIpc) is 2.75. The molecule has 0 radical (unpaired) electrons. The highest BCUT2D eigenvalue weighted by molar-refractivity contribution is 5.92. The number of hydrogen-bond acceptors (Lipinski definition) is 3. The number of rotatable bonds is 5. The van der Waals surface area contributed by atoms with Crippen molar-refractivity contribution in [2.24, 2.45) is 5.41 Å². The van der Waals surface area contributed by atoms with Gasteiger partial charge in [0.1, 0.15) is 5.69 Å². The van der Waals surface area contributed by atoms with E-state index in [-0.39, 0.29) is 24.0 Å². The molecule has 20 heavy (non-hydrogen) atoms. The highest BCUT2D eigenvalue weighted by atomic mass is 16.3. The topological polar surface area (TPSA) is 59.6 Å². The Morgan fingerprint density at radius 3 is 2.35 bits per heavy atom. The summed E-state index contributed by atoms with van der Waals surface area (Å²) in [5, 5.41) is 9.56. The summed E-state index contributed by atoms with van der Waals surface area (Å²) in [6.45, 7) is 7.12. The highest BCUT2D eigenvalue weighted by Crippen LogP contribution is 2.24. The van der Waals surface area contributed by atoms with Gasteiger partial charge in [-0.15, -0.1) is 0 Å². The van der Waals surface area contributed by atoms with E-state index < -0.39 is 0 Å². The molecule has 114 valence electrons. The first kappa shape index (κ1) is 16.7. The summed E-state index contributed by atoms with van der Waals surface area (Å²) in [6, 6.07) is 3.79. The summed E-state index contributed by atoms with van der Waals surface area (Å²) in [4.78, 5) is 18.6. The van der Waals surface area contributed by atoms with Crippen LogP contribution in [0.4, 0.5) is 0 Å². The number of aromatic amines is 1. The van der Waals surface area contributed by atoms with Crippen molar-refractivity contribution in [2.45, 2.75) is 33.4 Å². The average molecular weight is 281 g/mol. The zero-order valence-corrected chi connectivity index (χ0v) is 13.4. The van der Waals surface area contributed by atoms with Crippen molar-refractivity contribution in [3.8, 4) is 0 Å². The number of likely N-dealkylation sites (N-methyl/N-ethyl adjacent to an activating group) is 1. The van der Waals surface area contributed by atoms with Gasteiger partial charge in [-0.25, -0.2) is 0 Å². The number of amides is 1. The number of H-pyrrole nitrogens is 1. The molecule has 1 amide bonds. The van der Waals surface area contributed by atoms with E-state index in [0.717, 1.165) is 5.69 Å². The summed E-state index contributed by atoms with van der Waals surface area (Å²) >= 11 is 0. The van der Waals surface area contributed by atoms with Crippen LogP contribution >= 0.6 is 0 Å². The normalized spacial score (nSPS) is 13.6. The van der Waals surface area contributed by atoms with Crippen molar-refractivity contribution in [3.05, 3.63) is 23.5 Å². The number of aromatic nitrogens is 1. The van der Waals surface area contributed by atoms with E-state index in [2.05, 4.69) is 30.7 Å². The van der Waals surface area contributed by atoms with Gasteiger partial charge < -0.3 is 15.0 Å². The van der Waals surface area contributed by atoms with Crippen LogP contribution in [0.3, 0.4) is 0 Å². The molecule has 2 N–H and O–H groups in total. The van der Waals surface area contributed by atoms with Crippen LogP contribution in [-0.4, -0.2) is 59.6 Å². The fraction of sp³-hybridized carbons (Fsp3) is 0.667. The van der Waals surface area contributed by atoms with Crippen LogP contribution in [0, 0.1) is 5.41 Å². The molecule has 1 rings (SSSR count). The lowest BCUT2D eigenvalue weighted by Gasteiger charge is -2.36. The minimum atomic E-state index is -0.0339. The van der Waals surface area contributed by atoms with E-state index in [1.807, 2.05) is 13.1 Å². The molecule has 1 atom stereocenters. The second-order valence-electron chi connectivity index (χ2n) is 6.58. The van der Waals surface area contributed by atoms with Gasteiger partial charge in [-0.1, -0.05) is 20.8 Å². The van der Waals surface area contributed by atoms with E-state index in [1.165, 1.54) is 0 Å². The van der Waals surface area contributed by atoms with E-state index in [4.69, 9.17) is 0 Å². The molecule has 1 unspecified atom stereocenters. The van der Waals surface area contributed by atoms with Crippen LogP contribution in [0.1, 0.15) is 37.0 Å². The molecule has 0 aromatic carbocycles. The Hall–Kier alpha value is -1.33. The Balaban J connectivity index is 2.76. The molecule has 0 aliphatic rings. The number of hydrogen-bond donors (Lipinski definition) is 2. The maximum atomic E-state index is 11.8. The first-order chi connectivity index (χ1) is 9.16. The van der Waals surface area contributed by atoms with E-state index in [0.29, 0.717) is 12.2 Å².